The molecule has 3 nitrogen and oxygen atoms in total. The molecule has 1 heterocycles. The summed E-state index contributed by atoms with van der Waals surface area (Å²) in [4.78, 5) is 2.44. The largest absolute Gasteiger partial charge is 0.396 e. The van der Waals surface area contributed by atoms with Crippen molar-refractivity contribution in [3.05, 3.63) is 0 Å². The molecule has 2 N–H and O–H groups in total. The van der Waals surface area contributed by atoms with Gasteiger partial charge < -0.3 is 15.1 Å². The maximum absolute atomic E-state index is 9.85. The van der Waals surface area contributed by atoms with Gasteiger partial charge in [-0.1, -0.05) is 13.8 Å². The minimum Gasteiger partial charge on any atom is -0.396 e. The molecule has 1 saturated heterocycles. The van der Waals surface area contributed by atoms with Gasteiger partial charge in [0.25, 0.3) is 0 Å². The van der Waals surface area contributed by atoms with Gasteiger partial charge in [-0.3, -0.25) is 0 Å². The molecule has 0 bridgehead atoms. The van der Waals surface area contributed by atoms with Gasteiger partial charge in [-0.2, -0.15) is 0 Å². The summed E-state index contributed by atoms with van der Waals surface area (Å²) in [5, 5.41) is 19.3. The standard InChI is InChI=1S/C13H25NO2/c1-3-13(2,9-15)8-14-6-10-4-5-12(16)11(10)7-14/h10-12,15-16H,3-9H2,1-2H3. The number of hydrogen-bond donors (Lipinski definition) is 2. The lowest BCUT2D eigenvalue weighted by Gasteiger charge is -2.31. The topological polar surface area (TPSA) is 43.7 Å². The van der Waals surface area contributed by atoms with Crippen molar-refractivity contribution in [2.75, 3.05) is 26.2 Å². The Hall–Kier alpha value is -0.120. The lowest BCUT2D eigenvalue weighted by atomic mass is 9.88. The first-order valence-electron chi connectivity index (χ1n) is 6.59. The molecule has 0 spiro atoms. The highest BCUT2D eigenvalue weighted by Gasteiger charge is 2.42. The number of likely N-dealkylation sites (tertiary alicyclic amines) is 1. The minimum absolute atomic E-state index is 0.0313. The fourth-order valence-electron chi connectivity index (χ4n) is 3.27. The van der Waals surface area contributed by atoms with E-state index in [4.69, 9.17) is 0 Å². The number of rotatable bonds is 4. The maximum atomic E-state index is 9.85. The highest BCUT2D eigenvalue weighted by atomic mass is 16.3. The lowest BCUT2D eigenvalue weighted by Crippen LogP contribution is -2.37. The van der Waals surface area contributed by atoms with Gasteiger partial charge in [-0.15, -0.1) is 0 Å². The lowest BCUT2D eigenvalue weighted by molar-refractivity contribution is 0.0817. The fraction of sp³-hybridized carbons (Fsp3) is 1.00. The molecule has 0 aromatic carbocycles. The van der Waals surface area contributed by atoms with Crippen LogP contribution in [0, 0.1) is 17.3 Å². The van der Waals surface area contributed by atoms with E-state index in [1.165, 1.54) is 6.42 Å². The van der Waals surface area contributed by atoms with E-state index in [0.29, 0.717) is 11.8 Å². The van der Waals surface area contributed by atoms with Crippen molar-refractivity contribution in [2.45, 2.75) is 39.2 Å². The summed E-state index contributed by atoms with van der Waals surface area (Å²) in [5.74, 6) is 1.20. The van der Waals surface area contributed by atoms with Gasteiger partial charge in [0.15, 0.2) is 0 Å². The smallest absolute Gasteiger partial charge is 0.0583 e. The zero-order valence-corrected chi connectivity index (χ0v) is 10.5. The molecule has 0 amide bonds. The average Bonchev–Trinajstić information content (AvgIpc) is 2.81. The first-order valence-corrected chi connectivity index (χ1v) is 6.59. The third-order valence-electron chi connectivity index (χ3n) is 4.74. The number of fused-ring (bicyclic) bond motifs is 1. The summed E-state index contributed by atoms with van der Waals surface area (Å²) in [6.07, 6.45) is 3.12. The van der Waals surface area contributed by atoms with Crippen molar-refractivity contribution < 1.29 is 10.2 Å². The molecule has 2 rings (SSSR count). The molecule has 2 fully saturated rings. The molecular formula is C13H25NO2. The SMILES string of the molecule is CCC(C)(CO)CN1CC2CCC(O)C2C1. The van der Waals surface area contributed by atoms with Crippen LogP contribution in [0.3, 0.4) is 0 Å². The molecule has 0 radical (unpaired) electrons. The summed E-state index contributed by atoms with van der Waals surface area (Å²) < 4.78 is 0. The summed E-state index contributed by atoms with van der Waals surface area (Å²) in [7, 11) is 0. The molecular weight excluding hydrogens is 202 g/mol. The van der Waals surface area contributed by atoms with Crippen molar-refractivity contribution in [2.24, 2.45) is 17.3 Å². The fourth-order valence-corrected chi connectivity index (χ4v) is 3.27. The van der Waals surface area contributed by atoms with E-state index >= 15 is 0 Å². The summed E-state index contributed by atoms with van der Waals surface area (Å²) in [5.41, 5.74) is 0.0313. The number of aliphatic hydroxyl groups is 2. The summed E-state index contributed by atoms with van der Waals surface area (Å²) in [6.45, 7) is 7.68. The van der Waals surface area contributed by atoms with Crippen LogP contribution in [0.5, 0.6) is 0 Å². The van der Waals surface area contributed by atoms with Gasteiger partial charge >= 0.3 is 0 Å². The first kappa shape index (κ1) is 12.3. The molecule has 1 aliphatic carbocycles. The predicted molar refractivity (Wildman–Crippen MR) is 64.1 cm³/mol. The molecule has 0 aromatic rings. The second-order valence-corrected chi connectivity index (χ2v) is 6.09. The minimum atomic E-state index is -0.0722. The van der Waals surface area contributed by atoms with Gasteiger partial charge in [0.2, 0.25) is 0 Å². The van der Waals surface area contributed by atoms with E-state index in [2.05, 4.69) is 18.7 Å². The van der Waals surface area contributed by atoms with Gasteiger partial charge in [0.05, 0.1) is 6.10 Å². The van der Waals surface area contributed by atoms with E-state index < -0.39 is 0 Å². The van der Waals surface area contributed by atoms with Crippen molar-refractivity contribution in [1.29, 1.82) is 0 Å². The van der Waals surface area contributed by atoms with Crippen LogP contribution in [0.1, 0.15) is 33.1 Å². The average molecular weight is 227 g/mol. The Balaban J connectivity index is 1.90. The Bertz CT molecular complexity index is 240. The molecule has 2 aliphatic rings. The Kier molecular flexibility index (Phi) is 3.57. The monoisotopic (exact) mass is 227 g/mol. The first-order chi connectivity index (χ1) is 7.58. The quantitative estimate of drug-likeness (QED) is 0.756. The van der Waals surface area contributed by atoms with Crippen LogP contribution < -0.4 is 0 Å². The van der Waals surface area contributed by atoms with Crippen LogP contribution in [-0.2, 0) is 0 Å². The highest BCUT2D eigenvalue weighted by molar-refractivity contribution is 4.94. The third kappa shape index (κ3) is 2.27. The van der Waals surface area contributed by atoms with E-state index in [9.17, 15) is 10.2 Å². The van der Waals surface area contributed by atoms with Crippen molar-refractivity contribution in [3.8, 4) is 0 Å². The molecule has 1 saturated carbocycles. The molecule has 3 heteroatoms. The predicted octanol–water partition coefficient (Wildman–Crippen LogP) is 1.10. The van der Waals surface area contributed by atoms with E-state index in [0.717, 1.165) is 32.5 Å². The molecule has 1 aliphatic heterocycles. The summed E-state index contributed by atoms with van der Waals surface area (Å²) >= 11 is 0. The van der Waals surface area contributed by atoms with Crippen LogP contribution in [0.2, 0.25) is 0 Å². The number of aliphatic hydroxyl groups excluding tert-OH is 2. The Morgan fingerprint density at radius 1 is 1.31 bits per heavy atom. The highest BCUT2D eigenvalue weighted by Crippen LogP contribution is 2.39. The Labute approximate surface area is 98.5 Å². The van der Waals surface area contributed by atoms with Crippen molar-refractivity contribution in [3.63, 3.8) is 0 Å². The zero-order valence-electron chi connectivity index (χ0n) is 10.5. The second-order valence-electron chi connectivity index (χ2n) is 6.09. The normalized spacial score (nSPS) is 38.6. The van der Waals surface area contributed by atoms with Crippen molar-refractivity contribution in [1.82, 2.24) is 4.90 Å². The molecule has 94 valence electrons. The van der Waals surface area contributed by atoms with E-state index in [-0.39, 0.29) is 18.1 Å². The molecule has 16 heavy (non-hydrogen) atoms. The van der Waals surface area contributed by atoms with Crippen LogP contribution in [0.4, 0.5) is 0 Å². The zero-order chi connectivity index (χ0) is 11.8. The number of nitrogens with zero attached hydrogens (tertiary/aromatic N) is 1. The second kappa shape index (κ2) is 4.63. The van der Waals surface area contributed by atoms with Crippen molar-refractivity contribution >= 4 is 0 Å². The summed E-state index contributed by atoms with van der Waals surface area (Å²) in [6, 6.07) is 0. The maximum Gasteiger partial charge on any atom is 0.0583 e. The van der Waals surface area contributed by atoms with Crippen LogP contribution in [0.15, 0.2) is 0 Å². The van der Waals surface area contributed by atoms with Gasteiger partial charge in [0, 0.05) is 37.6 Å². The van der Waals surface area contributed by atoms with Crippen LogP contribution in [-0.4, -0.2) is 47.5 Å². The Morgan fingerprint density at radius 3 is 2.62 bits per heavy atom. The molecule has 0 aromatic heterocycles. The van der Waals surface area contributed by atoms with Gasteiger partial charge in [0.1, 0.15) is 0 Å². The van der Waals surface area contributed by atoms with Crippen LogP contribution in [0.25, 0.3) is 0 Å². The molecule has 4 unspecified atom stereocenters. The van der Waals surface area contributed by atoms with Gasteiger partial charge in [-0.05, 0) is 25.2 Å². The Morgan fingerprint density at radius 2 is 2.06 bits per heavy atom. The van der Waals surface area contributed by atoms with Crippen LogP contribution >= 0.6 is 0 Å². The van der Waals surface area contributed by atoms with E-state index in [1.54, 1.807) is 0 Å². The number of hydrogen-bond acceptors (Lipinski definition) is 3. The third-order valence-corrected chi connectivity index (χ3v) is 4.74. The molecule has 4 atom stereocenters. The van der Waals surface area contributed by atoms with E-state index in [1.807, 2.05) is 0 Å². The van der Waals surface area contributed by atoms with Gasteiger partial charge in [-0.25, -0.2) is 0 Å².